The number of hydrogen-bond acceptors (Lipinski definition) is 4. The van der Waals surface area contributed by atoms with Crippen molar-refractivity contribution in [3.8, 4) is 0 Å². The number of imidazole rings is 1. The van der Waals surface area contributed by atoms with Crippen molar-refractivity contribution >= 4 is 17.2 Å². The molecule has 0 radical (unpaired) electrons. The first-order valence-electron chi connectivity index (χ1n) is 7.23. The summed E-state index contributed by atoms with van der Waals surface area (Å²) >= 11 is 1.56. The monoisotopic (exact) mass is 304 g/mol. The molecule has 1 fully saturated rings. The summed E-state index contributed by atoms with van der Waals surface area (Å²) in [5, 5.41) is 3.87. The third-order valence-electron chi connectivity index (χ3n) is 4.11. The van der Waals surface area contributed by atoms with E-state index in [2.05, 4.69) is 16.8 Å². The number of carbonyl (C=O) groups excluding carboxylic acids is 1. The molecule has 1 saturated heterocycles. The lowest BCUT2D eigenvalue weighted by atomic mass is 10.1. The summed E-state index contributed by atoms with van der Waals surface area (Å²) in [6.07, 6.45) is 3.78. The Morgan fingerprint density at radius 1 is 1.48 bits per heavy atom. The molecule has 1 unspecified atom stereocenters. The minimum Gasteiger partial charge on any atom is -0.337 e. The van der Waals surface area contributed by atoms with Crippen LogP contribution in [0.4, 0.5) is 0 Å². The first-order valence-corrected chi connectivity index (χ1v) is 8.17. The van der Waals surface area contributed by atoms with Crippen LogP contribution in [-0.4, -0.2) is 51.4 Å². The maximum Gasteiger partial charge on any atom is 0.254 e. The fourth-order valence-electron chi connectivity index (χ4n) is 2.90. The lowest BCUT2D eigenvalue weighted by Crippen LogP contribution is -2.50. The average Bonchev–Trinajstić information content (AvgIpc) is 3.17. The number of aromatic nitrogens is 2. The van der Waals surface area contributed by atoms with Gasteiger partial charge in [0.25, 0.3) is 5.91 Å². The number of likely N-dealkylation sites (N-methyl/N-ethyl adjacent to an activating group) is 1. The van der Waals surface area contributed by atoms with Crippen LogP contribution in [0.2, 0.25) is 0 Å². The fraction of sp³-hybridized carbons (Fsp3) is 0.467. The summed E-state index contributed by atoms with van der Waals surface area (Å²) in [5.74, 6) is 1.16. The van der Waals surface area contributed by atoms with Gasteiger partial charge >= 0.3 is 0 Å². The predicted octanol–water partition coefficient (Wildman–Crippen LogP) is 2.00. The van der Waals surface area contributed by atoms with E-state index in [-0.39, 0.29) is 11.9 Å². The minimum absolute atomic E-state index is 0.131. The lowest BCUT2D eigenvalue weighted by molar-refractivity contribution is 0.0473. The lowest BCUT2D eigenvalue weighted by Gasteiger charge is -2.40. The van der Waals surface area contributed by atoms with E-state index in [0.717, 1.165) is 31.0 Å². The summed E-state index contributed by atoms with van der Waals surface area (Å²) in [4.78, 5) is 21.4. The van der Waals surface area contributed by atoms with Crippen LogP contribution < -0.4 is 0 Å². The van der Waals surface area contributed by atoms with Crippen molar-refractivity contribution in [1.29, 1.82) is 0 Å². The van der Waals surface area contributed by atoms with E-state index in [0.29, 0.717) is 6.54 Å². The zero-order chi connectivity index (χ0) is 14.8. The van der Waals surface area contributed by atoms with Crippen LogP contribution in [0.1, 0.15) is 29.1 Å². The number of rotatable bonds is 3. The minimum atomic E-state index is 0.131. The number of carbonyl (C=O) groups is 1. The van der Waals surface area contributed by atoms with Crippen LogP contribution in [0.25, 0.3) is 0 Å². The highest BCUT2D eigenvalue weighted by Gasteiger charge is 2.32. The van der Waals surface area contributed by atoms with Crippen LogP contribution in [0.3, 0.4) is 0 Å². The van der Waals surface area contributed by atoms with E-state index in [1.807, 2.05) is 45.7 Å². The van der Waals surface area contributed by atoms with Gasteiger partial charge in [-0.3, -0.25) is 9.69 Å². The third kappa shape index (κ3) is 2.73. The molecular formula is C15H20N4OS. The van der Waals surface area contributed by atoms with Crippen molar-refractivity contribution in [2.75, 3.05) is 26.2 Å². The normalized spacial score (nSPS) is 19.9. The molecule has 0 N–H and O–H groups in total. The van der Waals surface area contributed by atoms with Gasteiger partial charge in [0.1, 0.15) is 5.82 Å². The van der Waals surface area contributed by atoms with Gasteiger partial charge in [0.05, 0.1) is 11.6 Å². The SMILES string of the molecule is CCN1CCN(C(=O)c2ccsc2)CC1c1nccn1C. The van der Waals surface area contributed by atoms with Gasteiger partial charge in [-0.05, 0) is 18.0 Å². The van der Waals surface area contributed by atoms with Crippen molar-refractivity contribution in [3.63, 3.8) is 0 Å². The molecule has 21 heavy (non-hydrogen) atoms. The van der Waals surface area contributed by atoms with Crippen molar-refractivity contribution in [2.45, 2.75) is 13.0 Å². The Labute approximate surface area is 128 Å². The van der Waals surface area contributed by atoms with Gasteiger partial charge in [0, 0.05) is 44.5 Å². The molecule has 1 aliphatic heterocycles. The number of nitrogens with zero attached hydrogens (tertiary/aromatic N) is 4. The Kier molecular flexibility index (Phi) is 4.07. The average molecular weight is 304 g/mol. The third-order valence-corrected chi connectivity index (χ3v) is 4.79. The molecule has 5 nitrogen and oxygen atoms in total. The summed E-state index contributed by atoms with van der Waals surface area (Å²) in [6.45, 7) is 5.50. The zero-order valence-electron chi connectivity index (χ0n) is 12.4. The predicted molar refractivity (Wildman–Crippen MR) is 83.4 cm³/mol. The van der Waals surface area contributed by atoms with Crippen LogP contribution in [0.5, 0.6) is 0 Å². The van der Waals surface area contributed by atoms with Gasteiger partial charge in [0.15, 0.2) is 0 Å². The molecule has 0 bridgehead atoms. The Morgan fingerprint density at radius 2 is 2.33 bits per heavy atom. The highest BCUT2D eigenvalue weighted by Crippen LogP contribution is 2.25. The summed E-state index contributed by atoms with van der Waals surface area (Å²) in [5.41, 5.74) is 0.795. The molecule has 3 rings (SSSR count). The molecule has 2 aromatic rings. The molecule has 0 spiro atoms. The van der Waals surface area contributed by atoms with Crippen LogP contribution in [0, 0.1) is 0 Å². The van der Waals surface area contributed by atoms with E-state index in [9.17, 15) is 4.79 Å². The van der Waals surface area contributed by atoms with E-state index < -0.39 is 0 Å². The van der Waals surface area contributed by atoms with Gasteiger partial charge in [-0.25, -0.2) is 4.98 Å². The van der Waals surface area contributed by atoms with Gasteiger partial charge in [-0.2, -0.15) is 11.3 Å². The highest BCUT2D eigenvalue weighted by atomic mass is 32.1. The van der Waals surface area contributed by atoms with E-state index in [4.69, 9.17) is 0 Å². The number of thiophene rings is 1. The van der Waals surface area contributed by atoms with Crippen LogP contribution >= 0.6 is 11.3 Å². The Hall–Kier alpha value is -1.66. The molecule has 3 heterocycles. The Bertz CT molecular complexity index is 607. The van der Waals surface area contributed by atoms with E-state index >= 15 is 0 Å². The molecule has 1 aliphatic rings. The Balaban J connectivity index is 1.81. The first-order chi connectivity index (χ1) is 10.2. The number of aryl methyl sites for hydroxylation is 1. The second-order valence-corrected chi connectivity index (χ2v) is 6.08. The number of amides is 1. The molecule has 0 saturated carbocycles. The second-order valence-electron chi connectivity index (χ2n) is 5.30. The Morgan fingerprint density at radius 3 is 2.95 bits per heavy atom. The van der Waals surface area contributed by atoms with Gasteiger partial charge in [-0.15, -0.1) is 0 Å². The van der Waals surface area contributed by atoms with Crippen LogP contribution in [-0.2, 0) is 7.05 Å². The maximum atomic E-state index is 12.5. The summed E-state index contributed by atoms with van der Waals surface area (Å²) in [6, 6.07) is 2.07. The molecule has 0 aromatic carbocycles. The highest BCUT2D eigenvalue weighted by molar-refractivity contribution is 7.08. The van der Waals surface area contributed by atoms with Gasteiger partial charge in [-0.1, -0.05) is 6.92 Å². The van der Waals surface area contributed by atoms with E-state index in [1.165, 1.54) is 0 Å². The molecule has 1 amide bonds. The molecule has 1 atom stereocenters. The van der Waals surface area contributed by atoms with Gasteiger partial charge < -0.3 is 9.47 Å². The molecule has 112 valence electrons. The number of piperazine rings is 1. The topological polar surface area (TPSA) is 41.4 Å². The van der Waals surface area contributed by atoms with Crippen molar-refractivity contribution < 1.29 is 4.79 Å². The molecule has 0 aliphatic carbocycles. The van der Waals surface area contributed by atoms with Gasteiger partial charge in [0.2, 0.25) is 0 Å². The standard InChI is InChI=1S/C15H20N4OS/c1-3-18-7-8-19(15(20)12-4-9-21-11-12)10-13(18)14-16-5-6-17(14)2/h4-6,9,11,13H,3,7-8,10H2,1-2H3. The largest absolute Gasteiger partial charge is 0.337 e. The fourth-order valence-corrected chi connectivity index (χ4v) is 3.53. The second kappa shape index (κ2) is 5.99. The smallest absolute Gasteiger partial charge is 0.254 e. The maximum absolute atomic E-state index is 12.5. The van der Waals surface area contributed by atoms with Crippen molar-refractivity contribution in [2.24, 2.45) is 7.05 Å². The summed E-state index contributed by atoms with van der Waals surface area (Å²) in [7, 11) is 2.01. The molecule has 6 heteroatoms. The van der Waals surface area contributed by atoms with E-state index in [1.54, 1.807) is 11.3 Å². The van der Waals surface area contributed by atoms with Crippen molar-refractivity contribution in [1.82, 2.24) is 19.4 Å². The molecular weight excluding hydrogens is 284 g/mol. The number of hydrogen-bond donors (Lipinski definition) is 0. The first kappa shape index (κ1) is 14.3. The molecule has 2 aromatic heterocycles. The van der Waals surface area contributed by atoms with Crippen molar-refractivity contribution in [3.05, 3.63) is 40.6 Å². The van der Waals surface area contributed by atoms with Crippen LogP contribution in [0.15, 0.2) is 29.2 Å². The summed E-state index contributed by atoms with van der Waals surface area (Å²) < 4.78 is 2.05. The quantitative estimate of drug-likeness (QED) is 0.871. The zero-order valence-corrected chi connectivity index (χ0v) is 13.2.